The molecule has 0 amide bonds. The number of ether oxygens (including phenoxy) is 4. The van der Waals surface area contributed by atoms with Crippen LogP contribution in [0.4, 0.5) is 0 Å². The van der Waals surface area contributed by atoms with Crippen LogP contribution >= 0.6 is 7.92 Å². The molecule has 0 aliphatic heterocycles. The zero-order valence-electron chi connectivity index (χ0n) is 23.1. The van der Waals surface area contributed by atoms with Gasteiger partial charge in [0.15, 0.2) is 0 Å². The molecule has 0 aliphatic rings. The molecule has 0 saturated carbocycles. The molecule has 0 aromatic heterocycles. The highest BCUT2D eigenvalue weighted by Gasteiger charge is 2.35. The summed E-state index contributed by atoms with van der Waals surface area (Å²) in [6.07, 6.45) is 0. The van der Waals surface area contributed by atoms with E-state index in [0.29, 0.717) is 28.7 Å². The lowest BCUT2D eigenvalue weighted by Crippen LogP contribution is -2.48. The van der Waals surface area contributed by atoms with Crippen LogP contribution in [-0.2, 0) is 0 Å². The Morgan fingerprint density at radius 3 is 1.31 bits per heavy atom. The van der Waals surface area contributed by atoms with Crippen molar-refractivity contribution in [3.8, 4) is 28.7 Å². The van der Waals surface area contributed by atoms with Crippen molar-refractivity contribution in [1.82, 2.24) is 0 Å². The number of phenolic OH excluding ortho intramolecular Hbond substituents is 1. The first-order chi connectivity index (χ1) is 16.9. The summed E-state index contributed by atoms with van der Waals surface area (Å²) in [6.45, 7) is 13.8. The molecule has 0 atom stereocenters. The predicted molar refractivity (Wildman–Crippen MR) is 159 cm³/mol. The van der Waals surface area contributed by atoms with Gasteiger partial charge >= 0.3 is 0 Å². The van der Waals surface area contributed by atoms with Crippen LogP contribution < -0.4 is 45.2 Å². The minimum absolute atomic E-state index is 0.350. The summed E-state index contributed by atoms with van der Waals surface area (Å²) >= 11 is 0. The predicted octanol–water partition coefficient (Wildman–Crippen LogP) is 4.28. The largest absolute Gasteiger partial charge is 0.507 e. The Hall–Kier alpha value is -2.48. The van der Waals surface area contributed by atoms with Gasteiger partial charge in [0, 0.05) is 13.2 Å². The molecule has 0 heterocycles. The maximum Gasteiger partial charge on any atom is 0.130 e. The van der Waals surface area contributed by atoms with Gasteiger partial charge in [-0.3, -0.25) is 0 Å². The summed E-state index contributed by atoms with van der Waals surface area (Å²) in [5, 5.41) is 17.0. The maximum atomic E-state index is 12.0. The van der Waals surface area contributed by atoms with Crippen molar-refractivity contribution in [1.29, 1.82) is 0 Å². The van der Waals surface area contributed by atoms with Gasteiger partial charge in [0.25, 0.3) is 0 Å². The van der Waals surface area contributed by atoms with Crippen LogP contribution in [0, 0.1) is 0 Å². The van der Waals surface area contributed by atoms with E-state index in [1.807, 2.05) is 36.4 Å². The number of phenols is 1. The second-order valence-electron chi connectivity index (χ2n) is 10.7. The van der Waals surface area contributed by atoms with Crippen LogP contribution in [0.2, 0.25) is 39.3 Å². The van der Waals surface area contributed by atoms with Crippen LogP contribution in [0.25, 0.3) is 0 Å². The van der Waals surface area contributed by atoms with Crippen LogP contribution in [0.5, 0.6) is 28.7 Å². The zero-order valence-corrected chi connectivity index (χ0v) is 26.0. The summed E-state index contributed by atoms with van der Waals surface area (Å²) in [6, 6.07) is 16.0. The van der Waals surface area contributed by atoms with E-state index >= 15 is 0 Å². The summed E-state index contributed by atoms with van der Waals surface area (Å²) in [4.78, 5) is 0. The first kappa shape index (κ1) is 28.1. The van der Waals surface area contributed by atoms with Crippen molar-refractivity contribution in [2.75, 3.05) is 28.4 Å². The molecule has 0 unspecified atom stereocenters. The third-order valence-corrected chi connectivity index (χ3v) is 12.9. The van der Waals surface area contributed by atoms with E-state index < -0.39 is 24.1 Å². The molecule has 0 bridgehead atoms. The van der Waals surface area contributed by atoms with Gasteiger partial charge in [0.05, 0.1) is 55.2 Å². The van der Waals surface area contributed by atoms with Crippen molar-refractivity contribution >= 4 is 50.4 Å². The monoisotopic (exact) mass is 542 g/mol. The quantitative estimate of drug-likeness (QED) is 0.323. The van der Waals surface area contributed by atoms with Crippen LogP contribution in [0.1, 0.15) is 0 Å². The summed E-state index contributed by atoms with van der Waals surface area (Å²) in [5.74, 6) is 3.13. The summed E-state index contributed by atoms with van der Waals surface area (Å²) < 4.78 is 23.5. The molecule has 3 rings (SSSR count). The van der Waals surface area contributed by atoms with Crippen molar-refractivity contribution < 1.29 is 24.1 Å². The second kappa shape index (κ2) is 10.9. The number of benzene rings is 3. The van der Waals surface area contributed by atoms with E-state index in [0.717, 1.165) is 21.1 Å². The molecule has 0 fully saturated rings. The van der Waals surface area contributed by atoms with Crippen molar-refractivity contribution in [3.05, 3.63) is 48.5 Å². The van der Waals surface area contributed by atoms with Gasteiger partial charge < -0.3 is 24.1 Å². The Morgan fingerprint density at radius 1 is 0.611 bits per heavy atom. The molecule has 0 spiro atoms. The topological polar surface area (TPSA) is 57.2 Å². The van der Waals surface area contributed by atoms with Crippen molar-refractivity contribution in [2.24, 2.45) is 0 Å². The molecular weight excluding hydrogens is 503 g/mol. The van der Waals surface area contributed by atoms with E-state index in [4.69, 9.17) is 18.9 Å². The minimum Gasteiger partial charge on any atom is -0.507 e. The van der Waals surface area contributed by atoms with Crippen molar-refractivity contribution in [2.45, 2.75) is 39.3 Å². The van der Waals surface area contributed by atoms with E-state index in [9.17, 15) is 5.11 Å². The highest BCUT2D eigenvalue weighted by molar-refractivity contribution is 7.80. The van der Waals surface area contributed by atoms with Crippen molar-refractivity contribution in [3.63, 3.8) is 0 Å². The lowest BCUT2D eigenvalue weighted by atomic mass is 10.3. The van der Waals surface area contributed by atoms with Crippen LogP contribution in [-0.4, -0.2) is 49.7 Å². The lowest BCUT2D eigenvalue weighted by Gasteiger charge is -2.31. The average Bonchev–Trinajstić information content (AvgIpc) is 2.83. The van der Waals surface area contributed by atoms with Crippen LogP contribution in [0.15, 0.2) is 48.5 Å². The van der Waals surface area contributed by atoms with Gasteiger partial charge in [-0.2, -0.15) is 0 Å². The molecular formula is C28H39O5PSi2. The molecule has 1 N–H and O–H groups in total. The fourth-order valence-corrected chi connectivity index (χ4v) is 10.1. The molecule has 0 saturated heterocycles. The van der Waals surface area contributed by atoms with E-state index in [-0.39, 0.29) is 0 Å². The first-order valence-electron chi connectivity index (χ1n) is 12.0. The highest BCUT2D eigenvalue weighted by atomic mass is 31.1. The summed E-state index contributed by atoms with van der Waals surface area (Å²) in [7, 11) is 1.62. The lowest BCUT2D eigenvalue weighted by molar-refractivity contribution is 0.399. The minimum atomic E-state index is -1.90. The smallest absolute Gasteiger partial charge is 0.130 e. The molecule has 0 aliphatic carbocycles. The molecule has 194 valence electrons. The number of hydrogen-bond donors (Lipinski definition) is 1. The average molecular weight is 543 g/mol. The number of hydrogen-bond acceptors (Lipinski definition) is 5. The maximum absolute atomic E-state index is 12.0. The third-order valence-electron chi connectivity index (χ3n) is 6.26. The van der Waals surface area contributed by atoms with Gasteiger partial charge in [-0.05, 0) is 29.5 Å². The zero-order chi connectivity index (χ0) is 26.8. The SMILES string of the molecule is COc1cccc(OC)c1P(c1cc([Si](C)(C)C)cc([Si](C)(C)C)c1O)c1c(OC)cccc1OC. The molecule has 3 aromatic carbocycles. The second-order valence-corrected chi connectivity index (χ2v) is 22.9. The Bertz CT molecular complexity index is 1130. The van der Waals surface area contributed by atoms with Gasteiger partial charge in [-0.1, -0.05) is 68.7 Å². The Balaban J connectivity index is 2.60. The Morgan fingerprint density at radius 2 is 1.00 bits per heavy atom. The van der Waals surface area contributed by atoms with Crippen LogP contribution in [0.3, 0.4) is 0 Å². The molecule has 8 heteroatoms. The fraction of sp³-hybridized carbons (Fsp3) is 0.357. The van der Waals surface area contributed by atoms with Gasteiger partial charge in [-0.25, -0.2) is 0 Å². The molecule has 0 radical (unpaired) electrons. The van der Waals surface area contributed by atoms with E-state index in [1.165, 1.54) is 5.19 Å². The molecule has 5 nitrogen and oxygen atoms in total. The van der Waals surface area contributed by atoms with Gasteiger partial charge in [-0.15, -0.1) is 0 Å². The number of aromatic hydroxyl groups is 1. The Labute approximate surface area is 219 Å². The van der Waals surface area contributed by atoms with Gasteiger partial charge in [0.2, 0.25) is 0 Å². The standard InChI is InChI=1S/C28H39O5PSi2/c1-30-20-13-11-14-21(31-2)27(20)34(28-22(32-3)15-12-16-23(28)33-4)24-17-19(35(5,6)7)18-25(26(24)29)36(8,9)10/h11-18,29H,1-10H3. The summed E-state index contributed by atoms with van der Waals surface area (Å²) in [5.41, 5.74) is 0. The third kappa shape index (κ3) is 5.43. The number of rotatable bonds is 9. The van der Waals surface area contributed by atoms with E-state index in [2.05, 4.69) is 51.4 Å². The first-order valence-corrected chi connectivity index (χ1v) is 20.3. The fourth-order valence-electron chi connectivity index (χ4n) is 4.25. The Kier molecular flexibility index (Phi) is 8.49. The normalized spacial score (nSPS) is 12.0. The molecule has 36 heavy (non-hydrogen) atoms. The van der Waals surface area contributed by atoms with Gasteiger partial charge in [0.1, 0.15) is 28.7 Å². The number of methoxy groups -OCH3 is 4. The highest BCUT2D eigenvalue weighted by Crippen LogP contribution is 2.47. The molecule has 3 aromatic rings. The van der Waals surface area contributed by atoms with E-state index in [1.54, 1.807) is 28.4 Å².